The van der Waals surface area contributed by atoms with Crippen molar-refractivity contribution in [3.8, 4) is 0 Å². The van der Waals surface area contributed by atoms with Crippen molar-refractivity contribution in [3.63, 3.8) is 0 Å². The minimum atomic E-state index is -1.47. The summed E-state index contributed by atoms with van der Waals surface area (Å²) in [6.07, 6.45) is -1.47. The standard InChI is InChI=1S/C9H8BrIO3/c1-4-2-6(10)5(3-7(4)11)8(12)9(13)14/h2-3,8,12H,1H3,(H,13,14). The van der Waals surface area contributed by atoms with E-state index in [0.29, 0.717) is 10.0 Å². The van der Waals surface area contributed by atoms with Gasteiger partial charge in [0.05, 0.1) is 0 Å². The Balaban J connectivity index is 3.22. The number of rotatable bonds is 2. The third-order valence-corrected chi connectivity index (χ3v) is 3.66. The van der Waals surface area contributed by atoms with Crippen LogP contribution in [0.1, 0.15) is 17.2 Å². The normalized spacial score (nSPS) is 12.6. The number of aliphatic carboxylic acids is 1. The van der Waals surface area contributed by atoms with Crippen LogP contribution in [-0.4, -0.2) is 16.2 Å². The Labute approximate surface area is 103 Å². The zero-order valence-electron chi connectivity index (χ0n) is 7.29. The predicted molar refractivity (Wildman–Crippen MR) is 64.2 cm³/mol. The molecule has 0 spiro atoms. The molecule has 1 atom stereocenters. The average molecular weight is 371 g/mol. The summed E-state index contributed by atoms with van der Waals surface area (Å²) in [6.45, 7) is 1.92. The Hall–Kier alpha value is -0.140. The maximum absolute atomic E-state index is 10.6. The topological polar surface area (TPSA) is 57.5 Å². The SMILES string of the molecule is Cc1cc(Br)c(C(O)C(=O)O)cc1I. The Morgan fingerprint density at radius 3 is 2.64 bits per heavy atom. The molecule has 2 N–H and O–H groups in total. The lowest BCUT2D eigenvalue weighted by Gasteiger charge is -2.10. The molecule has 0 aliphatic rings. The fourth-order valence-electron chi connectivity index (χ4n) is 1.00. The molecule has 0 saturated carbocycles. The number of benzene rings is 1. The van der Waals surface area contributed by atoms with E-state index in [1.165, 1.54) is 0 Å². The highest BCUT2D eigenvalue weighted by Crippen LogP contribution is 2.27. The number of hydrogen-bond donors (Lipinski definition) is 2. The second kappa shape index (κ2) is 4.59. The van der Waals surface area contributed by atoms with Gasteiger partial charge in [0.15, 0.2) is 6.10 Å². The lowest BCUT2D eigenvalue weighted by molar-refractivity contribution is -0.147. The van der Waals surface area contributed by atoms with Gasteiger partial charge in [-0.1, -0.05) is 15.9 Å². The Bertz CT molecular complexity index is 379. The van der Waals surface area contributed by atoms with E-state index in [1.807, 2.05) is 6.92 Å². The van der Waals surface area contributed by atoms with Gasteiger partial charge in [0.25, 0.3) is 0 Å². The summed E-state index contributed by atoms with van der Waals surface area (Å²) < 4.78 is 1.55. The van der Waals surface area contributed by atoms with Crippen LogP contribution >= 0.6 is 38.5 Å². The maximum Gasteiger partial charge on any atom is 0.337 e. The van der Waals surface area contributed by atoms with E-state index in [2.05, 4.69) is 38.5 Å². The van der Waals surface area contributed by atoms with Gasteiger partial charge in [0.2, 0.25) is 0 Å². The highest BCUT2D eigenvalue weighted by atomic mass is 127. The van der Waals surface area contributed by atoms with Crippen LogP contribution in [0.25, 0.3) is 0 Å². The quantitative estimate of drug-likeness (QED) is 0.786. The smallest absolute Gasteiger partial charge is 0.337 e. The minimum Gasteiger partial charge on any atom is -0.479 e. The highest BCUT2D eigenvalue weighted by molar-refractivity contribution is 14.1. The number of halogens is 2. The summed E-state index contributed by atoms with van der Waals surface area (Å²) in [5.74, 6) is -1.25. The molecule has 0 fully saturated rings. The lowest BCUT2D eigenvalue weighted by atomic mass is 10.1. The number of aliphatic hydroxyl groups excluding tert-OH is 1. The fourth-order valence-corrected chi connectivity index (χ4v) is 2.17. The van der Waals surface area contributed by atoms with Crippen LogP contribution < -0.4 is 0 Å². The first-order chi connectivity index (χ1) is 6.43. The summed E-state index contributed by atoms with van der Waals surface area (Å²) in [7, 11) is 0. The number of carbonyl (C=O) groups is 1. The van der Waals surface area contributed by atoms with Crippen molar-refractivity contribution >= 4 is 44.5 Å². The Morgan fingerprint density at radius 1 is 1.57 bits per heavy atom. The molecule has 5 heteroatoms. The monoisotopic (exact) mass is 370 g/mol. The van der Waals surface area contributed by atoms with Crippen LogP contribution in [0.2, 0.25) is 0 Å². The van der Waals surface area contributed by atoms with E-state index in [1.54, 1.807) is 12.1 Å². The van der Waals surface area contributed by atoms with Gasteiger partial charge in [-0.25, -0.2) is 4.79 Å². The number of aliphatic hydroxyl groups is 1. The van der Waals surface area contributed by atoms with Gasteiger partial charge in [0, 0.05) is 13.6 Å². The van der Waals surface area contributed by atoms with E-state index in [9.17, 15) is 9.90 Å². The van der Waals surface area contributed by atoms with Crippen molar-refractivity contribution in [2.45, 2.75) is 13.0 Å². The second-order valence-corrected chi connectivity index (χ2v) is 4.88. The minimum absolute atomic E-state index is 0.382. The number of aryl methyl sites for hydroxylation is 1. The molecule has 0 amide bonds. The molecule has 3 nitrogen and oxygen atoms in total. The van der Waals surface area contributed by atoms with Crippen LogP contribution in [0, 0.1) is 10.5 Å². The molecular formula is C9H8BrIO3. The van der Waals surface area contributed by atoms with Gasteiger partial charge < -0.3 is 10.2 Å². The molecule has 1 aromatic carbocycles. The lowest BCUT2D eigenvalue weighted by Crippen LogP contribution is -2.11. The molecule has 0 saturated heterocycles. The van der Waals surface area contributed by atoms with E-state index in [-0.39, 0.29) is 0 Å². The van der Waals surface area contributed by atoms with Crippen LogP contribution in [-0.2, 0) is 4.79 Å². The molecule has 0 bridgehead atoms. The third-order valence-electron chi connectivity index (χ3n) is 1.81. The van der Waals surface area contributed by atoms with Gasteiger partial charge in [-0.2, -0.15) is 0 Å². The van der Waals surface area contributed by atoms with Crippen LogP contribution in [0.3, 0.4) is 0 Å². The van der Waals surface area contributed by atoms with Crippen molar-refractivity contribution in [1.29, 1.82) is 0 Å². The molecule has 0 aromatic heterocycles. The van der Waals surface area contributed by atoms with Gasteiger partial charge in [-0.3, -0.25) is 0 Å². The summed E-state index contributed by atoms with van der Waals surface area (Å²) in [5.41, 5.74) is 1.42. The summed E-state index contributed by atoms with van der Waals surface area (Å²) in [4.78, 5) is 10.6. The number of carboxylic acid groups (broad SMARTS) is 1. The summed E-state index contributed by atoms with van der Waals surface area (Å²) >= 11 is 5.32. The largest absolute Gasteiger partial charge is 0.479 e. The second-order valence-electron chi connectivity index (χ2n) is 2.86. The van der Waals surface area contributed by atoms with Gasteiger partial charge >= 0.3 is 5.97 Å². The first-order valence-corrected chi connectivity index (χ1v) is 5.67. The van der Waals surface area contributed by atoms with Gasteiger partial charge in [0.1, 0.15) is 0 Å². The van der Waals surface area contributed by atoms with Crippen molar-refractivity contribution in [2.24, 2.45) is 0 Å². The Kier molecular flexibility index (Phi) is 3.91. The van der Waals surface area contributed by atoms with Gasteiger partial charge in [-0.15, -0.1) is 0 Å². The van der Waals surface area contributed by atoms with Crippen LogP contribution in [0.5, 0.6) is 0 Å². The van der Waals surface area contributed by atoms with E-state index < -0.39 is 12.1 Å². The van der Waals surface area contributed by atoms with E-state index >= 15 is 0 Å². The average Bonchev–Trinajstić information content (AvgIpc) is 2.10. The zero-order valence-corrected chi connectivity index (χ0v) is 11.0. The molecule has 1 unspecified atom stereocenters. The summed E-state index contributed by atoms with van der Waals surface area (Å²) in [6, 6.07) is 3.46. The first-order valence-electron chi connectivity index (χ1n) is 3.80. The third kappa shape index (κ3) is 2.46. The van der Waals surface area contributed by atoms with Crippen LogP contribution in [0.4, 0.5) is 0 Å². The van der Waals surface area contributed by atoms with E-state index in [0.717, 1.165) is 9.13 Å². The molecule has 76 valence electrons. The van der Waals surface area contributed by atoms with Crippen molar-refractivity contribution in [3.05, 3.63) is 31.3 Å². The number of hydrogen-bond acceptors (Lipinski definition) is 2. The molecule has 0 heterocycles. The molecule has 1 rings (SSSR count). The highest BCUT2D eigenvalue weighted by Gasteiger charge is 2.19. The van der Waals surface area contributed by atoms with Crippen LogP contribution in [0.15, 0.2) is 16.6 Å². The molecular weight excluding hydrogens is 363 g/mol. The molecule has 1 aromatic rings. The van der Waals surface area contributed by atoms with Crippen molar-refractivity contribution in [2.75, 3.05) is 0 Å². The molecule has 0 aliphatic heterocycles. The fraction of sp³-hybridized carbons (Fsp3) is 0.222. The van der Waals surface area contributed by atoms with Gasteiger partial charge in [-0.05, 0) is 47.2 Å². The maximum atomic E-state index is 10.6. The zero-order chi connectivity index (χ0) is 10.9. The molecule has 0 radical (unpaired) electrons. The molecule has 14 heavy (non-hydrogen) atoms. The number of carboxylic acids is 1. The van der Waals surface area contributed by atoms with Crippen molar-refractivity contribution < 1.29 is 15.0 Å². The van der Waals surface area contributed by atoms with E-state index in [4.69, 9.17) is 5.11 Å². The first kappa shape index (κ1) is 11.9. The Morgan fingerprint density at radius 2 is 2.14 bits per heavy atom. The predicted octanol–water partition coefficient (Wildman–Crippen LogP) is 2.48. The van der Waals surface area contributed by atoms with Crippen molar-refractivity contribution in [1.82, 2.24) is 0 Å². The summed E-state index contributed by atoms with van der Waals surface area (Å²) in [5, 5.41) is 18.0. The molecule has 0 aliphatic carbocycles.